The first-order valence-corrected chi connectivity index (χ1v) is 7.92. The molecule has 6 nitrogen and oxygen atoms in total. The van der Waals surface area contributed by atoms with Crippen molar-refractivity contribution in [3.8, 4) is 11.3 Å². The van der Waals surface area contributed by atoms with Crippen LogP contribution in [-0.4, -0.2) is 39.6 Å². The third kappa shape index (κ3) is 2.54. The zero-order chi connectivity index (χ0) is 14.8. The van der Waals surface area contributed by atoms with Gasteiger partial charge in [0.2, 0.25) is 5.95 Å². The van der Waals surface area contributed by atoms with Crippen LogP contribution in [0.4, 0.5) is 5.95 Å². The number of hydrogen-bond acceptors (Lipinski definition) is 6. The molecule has 0 amide bonds. The van der Waals surface area contributed by atoms with E-state index in [1.807, 2.05) is 6.20 Å². The van der Waals surface area contributed by atoms with Crippen LogP contribution in [-0.2, 0) is 4.74 Å². The molecule has 0 N–H and O–H groups in total. The second-order valence-corrected chi connectivity index (χ2v) is 5.76. The molecule has 6 heteroatoms. The van der Waals surface area contributed by atoms with Gasteiger partial charge in [-0.15, -0.1) is 0 Å². The summed E-state index contributed by atoms with van der Waals surface area (Å²) in [6.07, 6.45) is 11.6. The molecule has 2 aliphatic rings. The predicted molar refractivity (Wildman–Crippen MR) is 82.4 cm³/mol. The first-order chi connectivity index (χ1) is 10.9. The van der Waals surface area contributed by atoms with Crippen molar-refractivity contribution in [2.75, 3.05) is 24.6 Å². The van der Waals surface area contributed by atoms with Gasteiger partial charge in [-0.3, -0.25) is 9.97 Å². The number of rotatable bonds is 3. The van der Waals surface area contributed by atoms with E-state index in [1.54, 1.807) is 18.6 Å². The molecule has 0 saturated carbocycles. The molecule has 114 valence electrons. The monoisotopic (exact) mass is 297 g/mol. The lowest BCUT2D eigenvalue weighted by Gasteiger charge is -2.19. The van der Waals surface area contributed by atoms with Crippen molar-refractivity contribution >= 4 is 5.95 Å². The van der Waals surface area contributed by atoms with Gasteiger partial charge >= 0.3 is 0 Å². The molecule has 1 unspecified atom stereocenters. The molecule has 22 heavy (non-hydrogen) atoms. The van der Waals surface area contributed by atoms with E-state index in [9.17, 15) is 0 Å². The first kappa shape index (κ1) is 13.6. The Labute approximate surface area is 129 Å². The maximum Gasteiger partial charge on any atom is 0.225 e. The van der Waals surface area contributed by atoms with Crippen molar-refractivity contribution in [1.82, 2.24) is 19.9 Å². The van der Waals surface area contributed by atoms with Crippen molar-refractivity contribution in [1.29, 1.82) is 0 Å². The van der Waals surface area contributed by atoms with Crippen LogP contribution >= 0.6 is 0 Å². The molecular formula is C16H19N5O. The summed E-state index contributed by atoms with van der Waals surface area (Å²) in [6.45, 7) is 2.87. The summed E-state index contributed by atoms with van der Waals surface area (Å²) in [6, 6.07) is 0. The van der Waals surface area contributed by atoms with Crippen LogP contribution in [0.15, 0.2) is 24.8 Å². The fourth-order valence-corrected chi connectivity index (χ4v) is 3.13. The number of aromatic nitrogens is 4. The minimum atomic E-state index is 0.0429. The van der Waals surface area contributed by atoms with Gasteiger partial charge in [0, 0.05) is 43.9 Å². The summed E-state index contributed by atoms with van der Waals surface area (Å²) in [5.41, 5.74) is 2.69. The number of hydrogen-bond donors (Lipinski definition) is 0. The van der Waals surface area contributed by atoms with Gasteiger partial charge in [-0.25, -0.2) is 9.97 Å². The largest absolute Gasteiger partial charge is 0.372 e. The second-order valence-electron chi connectivity index (χ2n) is 5.76. The molecule has 4 rings (SSSR count). The summed E-state index contributed by atoms with van der Waals surface area (Å²) < 4.78 is 5.86. The van der Waals surface area contributed by atoms with Gasteiger partial charge in [0.25, 0.3) is 0 Å². The minimum Gasteiger partial charge on any atom is -0.372 e. The normalized spacial score (nSPS) is 21.5. The molecule has 0 aromatic carbocycles. The lowest BCUT2D eigenvalue weighted by molar-refractivity contribution is 0.109. The highest BCUT2D eigenvalue weighted by Gasteiger charge is 2.26. The van der Waals surface area contributed by atoms with Gasteiger partial charge < -0.3 is 9.64 Å². The SMILES string of the molecule is c1cnc(-c2cnc(N3CCCC3)nc2C2CCCO2)cn1. The Morgan fingerprint density at radius 1 is 1.05 bits per heavy atom. The molecule has 0 aliphatic carbocycles. The molecule has 1 atom stereocenters. The van der Waals surface area contributed by atoms with Crippen molar-refractivity contribution in [2.24, 2.45) is 0 Å². The fraction of sp³-hybridized carbons (Fsp3) is 0.500. The second kappa shape index (κ2) is 5.96. The maximum absolute atomic E-state index is 5.86. The summed E-state index contributed by atoms with van der Waals surface area (Å²) in [5.74, 6) is 0.815. The lowest BCUT2D eigenvalue weighted by atomic mass is 10.1. The quantitative estimate of drug-likeness (QED) is 0.866. The van der Waals surface area contributed by atoms with Gasteiger partial charge in [-0.2, -0.15) is 0 Å². The molecule has 2 aromatic heterocycles. The zero-order valence-corrected chi connectivity index (χ0v) is 12.5. The van der Waals surface area contributed by atoms with Crippen molar-refractivity contribution in [2.45, 2.75) is 31.8 Å². The van der Waals surface area contributed by atoms with E-state index in [-0.39, 0.29) is 6.10 Å². The van der Waals surface area contributed by atoms with Crippen LogP contribution in [0.25, 0.3) is 11.3 Å². The number of ether oxygens (including phenoxy) is 1. The third-order valence-corrected chi connectivity index (χ3v) is 4.27. The molecular weight excluding hydrogens is 278 g/mol. The van der Waals surface area contributed by atoms with Gasteiger partial charge in [-0.05, 0) is 25.7 Å². The van der Waals surface area contributed by atoms with Crippen LogP contribution in [0.3, 0.4) is 0 Å². The zero-order valence-electron chi connectivity index (χ0n) is 12.5. The lowest BCUT2D eigenvalue weighted by Crippen LogP contribution is -2.21. The van der Waals surface area contributed by atoms with E-state index >= 15 is 0 Å². The number of anilines is 1. The van der Waals surface area contributed by atoms with Crippen LogP contribution in [0.1, 0.15) is 37.5 Å². The Balaban J connectivity index is 1.76. The molecule has 2 aromatic rings. The third-order valence-electron chi connectivity index (χ3n) is 4.27. The highest BCUT2D eigenvalue weighted by atomic mass is 16.5. The van der Waals surface area contributed by atoms with Gasteiger partial charge in [0.15, 0.2) is 0 Å². The number of nitrogens with zero attached hydrogens (tertiary/aromatic N) is 5. The Hall–Kier alpha value is -2.08. The molecule has 2 aliphatic heterocycles. The Bertz CT molecular complexity index is 636. The minimum absolute atomic E-state index is 0.0429. The van der Waals surface area contributed by atoms with E-state index in [2.05, 4.69) is 19.9 Å². The summed E-state index contributed by atoms with van der Waals surface area (Å²) >= 11 is 0. The van der Waals surface area contributed by atoms with Crippen LogP contribution in [0.5, 0.6) is 0 Å². The summed E-state index contributed by atoms with van der Waals surface area (Å²) in [5, 5.41) is 0. The summed E-state index contributed by atoms with van der Waals surface area (Å²) in [7, 11) is 0. The van der Waals surface area contributed by atoms with Crippen molar-refractivity contribution < 1.29 is 4.74 Å². The smallest absolute Gasteiger partial charge is 0.225 e. The van der Waals surface area contributed by atoms with Crippen LogP contribution in [0.2, 0.25) is 0 Å². The molecule has 2 saturated heterocycles. The first-order valence-electron chi connectivity index (χ1n) is 7.92. The van der Waals surface area contributed by atoms with Crippen LogP contribution < -0.4 is 4.90 Å². The molecule has 4 heterocycles. The van der Waals surface area contributed by atoms with Gasteiger partial charge in [-0.1, -0.05) is 0 Å². The maximum atomic E-state index is 5.86. The highest BCUT2D eigenvalue weighted by molar-refractivity contribution is 5.61. The molecule has 2 fully saturated rings. The van der Waals surface area contributed by atoms with Crippen molar-refractivity contribution in [3.63, 3.8) is 0 Å². The van der Waals surface area contributed by atoms with Crippen LogP contribution in [0, 0.1) is 0 Å². The topological polar surface area (TPSA) is 64.0 Å². The average molecular weight is 297 g/mol. The standard InChI is InChI=1S/C16H19N5O/c1-2-8-21(7-1)16-19-10-12(13-11-17-5-6-18-13)15(20-16)14-4-3-9-22-14/h5-6,10-11,14H,1-4,7-9H2. The average Bonchev–Trinajstić information content (AvgIpc) is 3.29. The molecule has 0 bridgehead atoms. The van der Waals surface area contributed by atoms with E-state index in [4.69, 9.17) is 9.72 Å². The highest BCUT2D eigenvalue weighted by Crippen LogP contribution is 2.34. The van der Waals surface area contributed by atoms with E-state index < -0.39 is 0 Å². The Morgan fingerprint density at radius 3 is 2.68 bits per heavy atom. The van der Waals surface area contributed by atoms with E-state index in [0.717, 1.165) is 55.4 Å². The molecule has 0 radical (unpaired) electrons. The molecule has 0 spiro atoms. The predicted octanol–water partition coefficient (Wildman–Crippen LogP) is 2.39. The van der Waals surface area contributed by atoms with E-state index in [0.29, 0.717) is 0 Å². The van der Waals surface area contributed by atoms with Gasteiger partial charge in [0.1, 0.15) is 6.10 Å². The van der Waals surface area contributed by atoms with E-state index in [1.165, 1.54) is 12.8 Å². The Morgan fingerprint density at radius 2 is 1.95 bits per heavy atom. The van der Waals surface area contributed by atoms with Crippen molar-refractivity contribution in [3.05, 3.63) is 30.5 Å². The fourth-order valence-electron chi connectivity index (χ4n) is 3.13. The Kier molecular flexibility index (Phi) is 3.68. The summed E-state index contributed by atoms with van der Waals surface area (Å²) in [4.78, 5) is 20.2. The van der Waals surface area contributed by atoms with Gasteiger partial charge in [0.05, 0.1) is 17.6 Å².